The first-order valence-electron chi connectivity index (χ1n) is 4.30. The first kappa shape index (κ1) is 11.5. The molecule has 0 aliphatic rings. The lowest BCUT2D eigenvalue weighted by molar-refractivity contribution is 1.02. The van der Waals surface area contributed by atoms with Crippen molar-refractivity contribution in [2.24, 2.45) is 4.99 Å². The van der Waals surface area contributed by atoms with Gasteiger partial charge < -0.3 is 0 Å². The van der Waals surface area contributed by atoms with E-state index >= 15 is 0 Å². The molecule has 1 aromatic rings. The van der Waals surface area contributed by atoms with Gasteiger partial charge in [-0.05, 0) is 6.92 Å². The molecule has 0 saturated carbocycles. The van der Waals surface area contributed by atoms with Gasteiger partial charge in [-0.2, -0.15) is 10.2 Å². The van der Waals surface area contributed by atoms with Gasteiger partial charge in [-0.15, -0.1) is 0 Å². The highest BCUT2D eigenvalue weighted by Gasteiger charge is 1.94. The van der Waals surface area contributed by atoms with Crippen LogP contribution in [0.25, 0.3) is 6.08 Å². The summed E-state index contributed by atoms with van der Waals surface area (Å²) in [6.45, 7) is 9.49. The zero-order chi connectivity index (χ0) is 10.1. The Hall–Kier alpha value is -1.51. The first-order chi connectivity index (χ1) is 6.38. The zero-order valence-corrected chi connectivity index (χ0v) is 8.36. The molecule has 1 aromatic heterocycles. The van der Waals surface area contributed by atoms with Crippen molar-refractivity contribution in [3.05, 3.63) is 24.5 Å². The van der Waals surface area contributed by atoms with E-state index < -0.39 is 0 Å². The Morgan fingerprint density at radius 3 is 2.46 bits per heavy atom. The Morgan fingerprint density at radius 1 is 1.31 bits per heavy atom. The van der Waals surface area contributed by atoms with Crippen molar-refractivity contribution < 1.29 is 0 Å². The molecular formula is C10H15N3. The Bertz CT molecular complexity index is 279. The number of hydrogen-bond acceptors (Lipinski definition) is 3. The first-order valence-corrected chi connectivity index (χ1v) is 4.30. The van der Waals surface area contributed by atoms with E-state index in [1.165, 1.54) is 0 Å². The Labute approximate surface area is 79.2 Å². The van der Waals surface area contributed by atoms with Crippen LogP contribution in [0.1, 0.15) is 26.3 Å². The third kappa shape index (κ3) is 3.60. The lowest BCUT2D eigenvalue weighted by Crippen LogP contribution is -1.81. The molecular weight excluding hydrogens is 162 g/mol. The van der Waals surface area contributed by atoms with E-state index in [1.807, 2.05) is 20.8 Å². The average Bonchev–Trinajstić information content (AvgIpc) is 2.22. The summed E-state index contributed by atoms with van der Waals surface area (Å²) in [7, 11) is 0. The molecule has 0 fully saturated rings. The fraction of sp³-hybridized carbons (Fsp3) is 0.300. The predicted molar refractivity (Wildman–Crippen MR) is 57.3 cm³/mol. The number of nitrogens with zero attached hydrogens (tertiary/aromatic N) is 3. The van der Waals surface area contributed by atoms with Crippen molar-refractivity contribution in [1.82, 2.24) is 10.2 Å². The minimum absolute atomic E-state index is 0.803. The maximum absolute atomic E-state index is 4.08. The largest absolute Gasteiger partial charge is 0.259 e. The van der Waals surface area contributed by atoms with E-state index in [9.17, 15) is 0 Å². The predicted octanol–water partition coefficient (Wildman–Crippen LogP) is 2.87. The van der Waals surface area contributed by atoms with E-state index in [0.29, 0.717) is 0 Å². The van der Waals surface area contributed by atoms with Crippen LogP contribution < -0.4 is 0 Å². The average molecular weight is 177 g/mol. The molecule has 0 amide bonds. The number of hydrogen-bond donors (Lipinski definition) is 0. The van der Waals surface area contributed by atoms with Crippen LogP contribution >= 0.6 is 0 Å². The fourth-order valence-corrected chi connectivity index (χ4v) is 0.728. The topological polar surface area (TPSA) is 38.1 Å². The van der Waals surface area contributed by atoms with Crippen LogP contribution in [0.15, 0.2) is 24.0 Å². The third-order valence-electron chi connectivity index (χ3n) is 1.23. The monoisotopic (exact) mass is 177 g/mol. The summed E-state index contributed by atoms with van der Waals surface area (Å²) < 4.78 is 0. The summed E-state index contributed by atoms with van der Waals surface area (Å²) >= 11 is 0. The molecule has 0 aliphatic heterocycles. The summed E-state index contributed by atoms with van der Waals surface area (Å²) in [5.41, 5.74) is 1.70. The Kier molecular flexibility index (Phi) is 6.32. The van der Waals surface area contributed by atoms with Gasteiger partial charge in [0.25, 0.3) is 0 Å². The SMILES string of the molecule is C=Cc1cnncc1N=CC.CC. The minimum atomic E-state index is 0.803. The Balaban J connectivity index is 0.000000671. The molecule has 1 rings (SSSR count). The molecule has 13 heavy (non-hydrogen) atoms. The van der Waals surface area contributed by atoms with Crippen LogP contribution in [0.5, 0.6) is 0 Å². The van der Waals surface area contributed by atoms with E-state index in [2.05, 4.69) is 21.8 Å². The van der Waals surface area contributed by atoms with Gasteiger partial charge in [0.1, 0.15) is 0 Å². The third-order valence-corrected chi connectivity index (χ3v) is 1.23. The summed E-state index contributed by atoms with van der Waals surface area (Å²) in [5.74, 6) is 0. The quantitative estimate of drug-likeness (QED) is 0.651. The van der Waals surface area contributed by atoms with Gasteiger partial charge in [0.15, 0.2) is 0 Å². The minimum Gasteiger partial charge on any atom is -0.259 e. The van der Waals surface area contributed by atoms with Crippen molar-refractivity contribution in [3.8, 4) is 0 Å². The van der Waals surface area contributed by atoms with Crippen molar-refractivity contribution in [3.63, 3.8) is 0 Å². The molecule has 1 heterocycles. The molecule has 0 aliphatic carbocycles. The summed E-state index contributed by atoms with van der Waals surface area (Å²) in [6.07, 6.45) is 6.66. The number of aliphatic imine (C=N–C) groups is 1. The highest BCUT2D eigenvalue weighted by atomic mass is 15.1. The van der Waals surface area contributed by atoms with E-state index in [1.54, 1.807) is 24.7 Å². The van der Waals surface area contributed by atoms with Gasteiger partial charge in [0, 0.05) is 11.8 Å². The fourth-order valence-electron chi connectivity index (χ4n) is 0.728. The second-order valence-corrected chi connectivity index (χ2v) is 1.92. The molecule has 0 saturated heterocycles. The van der Waals surface area contributed by atoms with Gasteiger partial charge in [-0.1, -0.05) is 26.5 Å². The maximum atomic E-state index is 4.08. The lowest BCUT2D eigenvalue weighted by atomic mass is 10.3. The van der Waals surface area contributed by atoms with Crippen molar-refractivity contribution in [2.45, 2.75) is 20.8 Å². The molecule has 3 heteroatoms. The second-order valence-electron chi connectivity index (χ2n) is 1.92. The van der Waals surface area contributed by atoms with Crippen molar-refractivity contribution in [2.75, 3.05) is 0 Å². The van der Waals surface area contributed by atoms with Crippen LogP contribution in [-0.4, -0.2) is 16.4 Å². The maximum Gasteiger partial charge on any atom is 0.0915 e. The van der Waals surface area contributed by atoms with Crippen LogP contribution in [-0.2, 0) is 0 Å². The molecule has 70 valence electrons. The van der Waals surface area contributed by atoms with Crippen molar-refractivity contribution in [1.29, 1.82) is 0 Å². The highest BCUT2D eigenvalue weighted by Crippen LogP contribution is 2.15. The summed E-state index contributed by atoms with van der Waals surface area (Å²) in [6, 6.07) is 0. The standard InChI is InChI=1S/C8H9N3.C2H6/c1-3-7-5-10-11-6-8(7)9-4-2;1-2/h3-6H,1H2,2H3;1-2H3. The number of rotatable bonds is 2. The zero-order valence-electron chi connectivity index (χ0n) is 8.36. The molecule has 0 spiro atoms. The van der Waals surface area contributed by atoms with Crippen LogP contribution in [0.4, 0.5) is 5.69 Å². The Morgan fingerprint density at radius 2 is 1.92 bits per heavy atom. The second kappa shape index (κ2) is 7.16. The van der Waals surface area contributed by atoms with Crippen molar-refractivity contribution >= 4 is 18.0 Å². The van der Waals surface area contributed by atoms with Crippen LogP contribution in [0.2, 0.25) is 0 Å². The molecule has 0 unspecified atom stereocenters. The molecule has 0 N–H and O–H groups in total. The number of aromatic nitrogens is 2. The molecule has 0 radical (unpaired) electrons. The van der Waals surface area contributed by atoms with E-state index in [-0.39, 0.29) is 0 Å². The molecule has 0 atom stereocenters. The molecule has 3 nitrogen and oxygen atoms in total. The molecule has 0 aromatic carbocycles. The van der Waals surface area contributed by atoms with Gasteiger partial charge >= 0.3 is 0 Å². The van der Waals surface area contributed by atoms with E-state index in [0.717, 1.165) is 11.3 Å². The van der Waals surface area contributed by atoms with Gasteiger partial charge in [0.2, 0.25) is 0 Å². The van der Waals surface area contributed by atoms with Gasteiger partial charge in [0.05, 0.1) is 18.1 Å². The summed E-state index contributed by atoms with van der Waals surface area (Å²) in [4.78, 5) is 4.08. The molecule has 0 bridgehead atoms. The van der Waals surface area contributed by atoms with Crippen LogP contribution in [0.3, 0.4) is 0 Å². The van der Waals surface area contributed by atoms with Crippen LogP contribution in [0, 0.1) is 0 Å². The summed E-state index contributed by atoms with van der Waals surface area (Å²) in [5, 5.41) is 7.40. The van der Waals surface area contributed by atoms with Gasteiger partial charge in [-0.3, -0.25) is 4.99 Å². The van der Waals surface area contributed by atoms with E-state index in [4.69, 9.17) is 0 Å². The van der Waals surface area contributed by atoms with Gasteiger partial charge in [-0.25, -0.2) is 0 Å². The normalized spacial score (nSPS) is 9.15. The lowest BCUT2D eigenvalue weighted by Gasteiger charge is -1.94. The highest BCUT2D eigenvalue weighted by molar-refractivity contribution is 5.67. The smallest absolute Gasteiger partial charge is 0.0915 e.